The molecule has 1 heterocycles. The number of aryl methyl sites for hydroxylation is 1. The second-order valence-corrected chi connectivity index (χ2v) is 3.54. The molecule has 0 saturated heterocycles. The molecule has 3 nitrogen and oxygen atoms in total. The van der Waals surface area contributed by atoms with Gasteiger partial charge in [0.15, 0.2) is 0 Å². The monoisotopic (exact) mass is 217 g/mol. The Morgan fingerprint density at radius 1 is 1.53 bits per heavy atom. The molecule has 0 N–H and O–H groups in total. The minimum Gasteiger partial charge on any atom is -0.207 e. The van der Waals surface area contributed by atoms with Crippen LogP contribution in [0.5, 0.6) is 0 Å². The van der Waals surface area contributed by atoms with E-state index in [0.29, 0.717) is 6.42 Å². The predicted molar refractivity (Wildman–Crippen MR) is 53.8 cm³/mol. The summed E-state index contributed by atoms with van der Waals surface area (Å²) in [4.78, 5) is 1.35. The van der Waals surface area contributed by atoms with Crippen LogP contribution >= 0.6 is 0 Å². The van der Waals surface area contributed by atoms with E-state index in [0.717, 1.165) is 5.69 Å². The van der Waals surface area contributed by atoms with Crippen molar-refractivity contribution in [3.05, 3.63) is 11.9 Å². The van der Waals surface area contributed by atoms with Crippen molar-refractivity contribution in [2.45, 2.75) is 46.1 Å². The van der Waals surface area contributed by atoms with Gasteiger partial charge in [0.1, 0.15) is 0 Å². The van der Waals surface area contributed by atoms with E-state index in [2.05, 4.69) is 10.2 Å². The van der Waals surface area contributed by atoms with Gasteiger partial charge in [-0.05, 0) is 13.3 Å². The summed E-state index contributed by atoms with van der Waals surface area (Å²) in [5.74, 6) is -3.07. The molecule has 15 heavy (non-hydrogen) atoms. The largest absolute Gasteiger partial charge is 0.252 e. The summed E-state index contributed by atoms with van der Waals surface area (Å²) in [6, 6.07) is 0. The maximum absolute atomic E-state index is 12.8. The Bertz CT molecular complexity index is 309. The number of hydrogen-bond acceptors (Lipinski definition) is 2. The molecule has 1 aromatic heterocycles. The smallest absolute Gasteiger partial charge is 0.207 e. The molecule has 5 heteroatoms. The van der Waals surface area contributed by atoms with E-state index in [1.54, 1.807) is 13.1 Å². The molecule has 1 fully saturated rings. The van der Waals surface area contributed by atoms with Crippen molar-refractivity contribution < 1.29 is 8.78 Å². The molecule has 1 aliphatic carbocycles. The maximum atomic E-state index is 12.8. The fraction of sp³-hybridized carbons (Fsp3) is 0.800. The van der Waals surface area contributed by atoms with Crippen molar-refractivity contribution in [3.8, 4) is 0 Å². The summed E-state index contributed by atoms with van der Waals surface area (Å²) < 4.78 is 25.7. The molecular weight excluding hydrogens is 200 g/mol. The summed E-state index contributed by atoms with van der Waals surface area (Å²) in [6.45, 7) is 6.03. The van der Waals surface area contributed by atoms with Gasteiger partial charge in [-0.1, -0.05) is 13.8 Å². The fourth-order valence-corrected chi connectivity index (χ4v) is 1.46. The molecule has 0 spiro atoms. The highest BCUT2D eigenvalue weighted by atomic mass is 19.3. The van der Waals surface area contributed by atoms with Gasteiger partial charge in [0.25, 0.3) is 5.92 Å². The summed E-state index contributed by atoms with van der Waals surface area (Å²) in [5.41, 5.74) is 0.766. The van der Waals surface area contributed by atoms with Gasteiger partial charge < -0.3 is 0 Å². The normalized spacial score (nSPS) is 22.6. The van der Waals surface area contributed by atoms with Crippen molar-refractivity contribution in [2.24, 2.45) is 5.92 Å². The zero-order valence-electron chi connectivity index (χ0n) is 9.37. The van der Waals surface area contributed by atoms with Gasteiger partial charge in [-0.25, -0.2) is 8.78 Å². The van der Waals surface area contributed by atoms with Crippen LogP contribution in [0.15, 0.2) is 6.20 Å². The highest BCUT2D eigenvalue weighted by Gasteiger charge is 2.48. The molecule has 0 aromatic carbocycles. The second kappa shape index (κ2) is 4.68. The summed E-state index contributed by atoms with van der Waals surface area (Å²) >= 11 is 0. The topological polar surface area (TPSA) is 30.7 Å². The van der Waals surface area contributed by atoms with Crippen molar-refractivity contribution in [3.63, 3.8) is 0 Å². The van der Waals surface area contributed by atoms with Gasteiger partial charge in [0, 0.05) is 12.3 Å². The van der Waals surface area contributed by atoms with Crippen LogP contribution in [0.25, 0.3) is 0 Å². The molecule has 1 atom stereocenters. The van der Waals surface area contributed by atoms with Crippen LogP contribution in [0.1, 0.15) is 32.4 Å². The highest BCUT2D eigenvalue weighted by molar-refractivity contribution is 4.89. The lowest BCUT2D eigenvalue weighted by atomic mass is 9.81. The molecule has 1 unspecified atom stereocenters. The van der Waals surface area contributed by atoms with Gasteiger partial charge >= 0.3 is 0 Å². The number of hydrogen-bond donors (Lipinski definition) is 0. The molecule has 86 valence electrons. The number of nitrogens with zero attached hydrogens (tertiary/aromatic N) is 3. The third-order valence-electron chi connectivity index (χ3n) is 2.46. The van der Waals surface area contributed by atoms with E-state index in [9.17, 15) is 8.78 Å². The summed E-state index contributed by atoms with van der Waals surface area (Å²) in [7, 11) is 0. The van der Waals surface area contributed by atoms with E-state index in [-0.39, 0.29) is 13.0 Å². The summed E-state index contributed by atoms with van der Waals surface area (Å²) in [6.07, 6.45) is 2.17. The first-order chi connectivity index (χ1) is 7.08. The molecule has 0 radical (unpaired) electrons. The average Bonchev–Trinajstić information content (AvgIpc) is 2.62. The maximum Gasteiger partial charge on any atom is 0.252 e. The van der Waals surface area contributed by atoms with E-state index in [1.807, 2.05) is 13.8 Å². The summed E-state index contributed by atoms with van der Waals surface area (Å²) in [5, 5.41) is 7.85. The molecule has 1 aliphatic rings. The standard InChI is InChI=1S/C8H11F2N3.C2H6/c1-6-4-11-13(12-6)5-7-2-3-8(7,9)10;1-2/h4,7H,2-3,5H2,1H3;1-2H3. The van der Waals surface area contributed by atoms with Crippen LogP contribution in [-0.2, 0) is 6.54 Å². The SMILES string of the molecule is CC.Cc1cnn(CC2CCC2(F)F)n1. The first kappa shape index (κ1) is 12.1. The average molecular weight is 217 g/mol. The van der Waals surface area contributed by atoms with Crippen LogP contribution < -0.4 is 0 Å². The Hall–Kier alpha value is -1.00. The molecular formula is C10H17F2N3. The zero-order chi connectivity index (χ0) is 11.5. The first-order valence-corrected chi connectivity index (χ1v) is 5.32. The lowest BCUT2D eigenvalue weighted by Crippen LogP contribution is -2.41. The number of rotatable bonds is 2. The quantitative estimate of drug-likeness (QED) is 0.762. The Labute approximate surface area is 88.5 Å². The molecule has 0 bridgehead atoms. The van der Waals surface area contributed by atoms with Crippen molar-refractivity contribution in [1.29, 1.82) is 0 Å². The Balaban J connectivity index is 0.000000531. The van der Waals surface area contributed by atoms with Gasteiger partial charge in [-0.3, -0.25) is 0 Å². The van der Waals surface area contributed by atoms with Crippen LogP contribution in [-0.4, -0.2) is 20.9 Å². The molecule has 1 aromatic rings. The number of halogens is 2. The van der Waals surface area contributed by atoms with E-state index < -0.39 is 11.8 Å². The zero-order valence-corrected chi connectivity index (χ0v) is 9.37. The van der Waals surface area contributed by atoms with E-state index in [4.69, 9.17) is 0 Å². The minimum absolute atomic E-state index is 0.0118. The van der Waals surface area contributed by atoms with Crippen molar-refractivity contribution >= 4 is 0 Å². The van der Waals surface area contributed by atoms with Crippen LogP contribution in [0.2, 0.25) is 0 Å². The lowest BCUT2D eigenvalue weighted by Gasteiger charge is -2.35. The number of alkyl halides is 2. The Morgan fingerprint density at radius 2 is 2.20 bits per heavy atom. The van der Waals surface area contributed by atoms with Crippen molar-refractivity contribution in [1.82, 2.24) is 15.0 Å². The Kier molecular flexibility index (Phi) is 3.77. The molecule has 0 amide bonds. The highest BCUT2D eigenvalue weighted by Crippen LogP contribution is 2.43. The second-order valence-electron chi connectivity index (χ2n) is 3.54. The van der Waals surface area contributed by atoms with Gasteiger partial charge in [0.05, 0.1) is 18.4 Å². The lowest BCUT2D eigenvalue weighted by molar-refractivity contribution is -0.139. The predicted octanol–water partition coefficient (Wildman–Crippen LogP) is 2.66. The van der Waals surface area contributed by atoms with Crippen LogP contribution in [0.4, 0.5) is 8.78 Å². The molecule has 1 saturated carbocycles. The van der Waals surface area contributed by atoms with Crippen molar-refractivity contribution in [2.75, 3.05) is 0 Å². The van der Waals surface area contributed by atoms with Gasteiger partial charge in [-0.2, -0.15) is 15.0 Å². The Morgan fingerprint density at radius 3 is 2.53 bits per heavy atom. The van der Waals surface area contributed by atoms with Crippen LogP contribution in [0.3, 0.4) is 0 Å². The number of aromatic nitrogens is 3. The minimum atomic E-state index is -2.50. The molecule has 2 rings (SSSR count). The first-order valence-electron chi connectivity index (χ1n) is 5.32. The fourth-order valence-electron chi connectivity index (χ4n) is 1.46. The van der Waals surface area contributed by atoms with Gasteiger partial charge in [-0.15, -0.1) is 0 Å². The van der Waals surface area contributed by atoms with E-state index in [1.165, 1.54) is 4.80 Å². The van der Waals surface area contributed by atoms with Gasteiger partial charge in [0.2, 0.25) is 0 Å². The van der Waals surface area contributed by atoms with E-state index >= 15 is 0 Å². The van der Waals surface area contributed by atoms with Crippen LogP contribution in [0, 0.1) is 12.8 Å². The third kappa shape index (κ3) is 2.73. The molecule has 0 aliphatic heterocycles. The third-order valence-corrected chi connectivity index (χ3v) is 2.46.